The van der Waals surface area contributed by atoms with E-state index in [-0.39, 0.29) is 15.5 Å². The lowest BCUT2D eigenvalue weighted by atomic mass is 10.1. The average Bonchev–Trinajstić information content (AvgIpc) is 2.71. The highest BCUT2D eigenvalue weighted by atomic mass is 32.2. The summed E-state index contributed by atoms with van der Waals surface area (Å²) in [7, 11) is -7.26. The summed E-state index contributed by atoms with van der Waals surface area (Å²) in [5.41, 5.74) is 1.23. The smallest absolute Gasteiger partial charge is 0.186 e. The van der Waals surface area contributed by atoms with E-state index >= 15 is 0 Å². The minimum Gasteiger partial charge on any atom is -0.224 e. The van der Waals surface area contributed by atoms with E-state index in [4.69, 9.17) is 0 Å². The molecule has 1 aliphatic heterocycles. The van der Waals surface area contributed by atoms with Gasteiger partial charge in [-0.15, -0.1) is 0 Å². The second-order valence-electron chi connectivity index (χ2n) is 5.17. The van der Waals surface area contributed by atoms with E-state index in [2.05, 4.69) is 0 Å². The summed E-state index contributed by atoms with van der Waals surface area (Å²) in [6.45, 7) is 1.82. The van der Waals surface area contributed by atoms with E-state index in [0.29, 0.717) is 5.56 Å². The quantitative estimate of drug-likeness (QED) is 0.851. The summed E-state index contributed by atoms with van der Waals surface area (Å²) < 4.78 is 49.8. The minimum absolute atomic E-state index is 0.137. The summed E-state index contributed by atoms with van der Waals surface area (Å²) in [5, 5.41) is -1.03. The highest BCUT2D eigenvalue weighted by Crippen LogP contribution is 2.41. The lowest BCUT2D eigenvalue weighted by molar-refractivity contribution is 0.582. The third-order valence-corrected chi connectivity index (χ3v) is 7.79. The molecule has 1 unspecified atom stereocenters. The van der Waals surface area contributed by atoms with Crippen LogP contribution >= 0.6 is 0 Å². The number of fused-ring (bicyclic) bond motifs is 1. The zero-order valence-electron chi connectivity index (χ0n) is 11.4. The van der Waals surface area contributed by atoms with Crippen molar-refractivity contribution in [1.29, 1.82) is 0 Å². The Hall–Kier alpha value is -1.66. The maximum atomic E-state index is 12.7. The molecule has 6 heteroatoms. The van der Waals surface area contributed by atoms with Gasteiger partial charge in [-0.1, -0.05) is 35.9 Å². The van der Waals surface area contributed by atoms with Crippen molar-refractivity contribution in [2.24, 2.45) is 0 Å². The Labute approximate surface area is 124 Å². The molecular formula is C15H14O4S2. The van der Waals surface area contributed by atoms with E-state index in [1.165, 1.54) is 18.2 Å². The van der Waals surface area contributed by atoms with Gasteiger partial charge in [0, 0.05) is 0 Å². The fourth-order valence-corrected chi connectivity index (χ4v) is 6.93. The first-order chi connectivity index (χ1) is 9.82. The van der Waals surface area contributed by atoms with Gasteiger partial charge in [0.15, 0.2) is 19.7 Å². The molecule has 4 nitrogen and oxygen atoms in total. The Bertz CT molecular complexity index is 898. The fourth-order valence-electron chi connectivity index (χ4n) is 2.61. The van der Waals surface area contributed by atoms with Crippen LogP contribution in [0.15, 0.2) is 58.3 Å². The minimum atomic E-state index is -3.72. The van der Waals surface area contributed by atoms with Gasteiger partial charge in [-0.3, -0.25) is 0 Å². The van der Waals surface area contributed by atoms with Gasteiger partial charge in [0.1, 0.15) is 5.25 Å². The number of benzene rings is 2. The molecule has 0 radical (unpaired) electrons. The van der Waals surface area contributed by atoms with Gasteiger partial charge < -0.3 is 0 Å². The Morgan fingerprint density at radius 2 is 1.71 bits per heavy atom. The highest BCUT2D eigenvalue weighted by molar-refractivity contribution is 7.96. The third-order valence-electron chi connectivity index (χ3n) is 3.66. The molecule has 0 aromatic heterocycles. The Morgan fingerprint density at radius 1 is 1.05 bits per heavy atom. The number of aryl methyl sites for hydroxylation is 1. The highest BCUT2D eigenvalue weighted by Gasteiger charge is 2.42. The van der Waals surface area contributed by atoms with Crippen molar-refractivity contribution < 1.29 is 16.8 Å². The molecule has 0 fully saturated rings. The van der Waals surface area contributed by atoms with Gasteiger partial charge in [-0.05, 0) is 30.7 Å². The summed E-state index contributed by atoms with van der Waals surface area (Å²) in [5.74, 6) is -0.386. The van der Waals surface area contributed by atoms with Crippen LogP contribution in [0.25, 0.3) is 0 Å². The number of hydrogen-bond donors (Lipinski definition) is 0. The first-order valence-electron chi connectivity index (χ1n) is 6.44. The van der Waals surface area contributed by atoms with Crippen molar-refractivity contribution in [3.05, 3.63) is 59.7 Å². The molecule has 1 atom stereocenters. The van der Waals surface area contributed by atoms with Crippen molar-refractivity contribution in [3.8, 4) is 0 Å². The second kappa shape index (κ2) is 4.68. The monoisotopic (exact) mass is 322 g/mol. The molecule has 0 bridgehead atoms. The van der Waals surface area contributed by atoms with Crippen LogP contribution in [0.2, 0.25) is 0 Å². The van der Waals surface area contributed by atoms with E-state index < -0.39 is 24.9 Å². The van der Waals surface area contributed by atoms with Crippen molar-refractivity contribution >= 4 is 19.7 Å². The van der Waals surface area contributed by atoms with Crippen molar-refractivity contribution in [2.75, 3.05) is 5.75 Å². The molecule has 0 saturated carbocycles. The van der Waals surface area contributed by atoms with Crippen molar-refractivity contribution in [3.63, 3.8) is 0 Å². The van der Waals surface area contributed by atoms with Gasteiger partial charge in [0.2, 0.25) is 0 Å². The summed E-state index contributed by atoms with van der Waals surface area (Å²) >= 11 is 0. The van der Waals surface area contributed by atoms with Crippen LogP contribution in [-0.2, 0) is 19.7 Å². The van der Waals surface area contributed by atoms with Crippen LogP contribution in [-0.4, -0.2) is 22.6 Å². The maximum Gasteiger partial charge on any atom is 0.186 e. The average molecular weight is 322 g/mol. The molecule has 0 aliphatic carbocycles. The van der Waals surface area contributed by atoms with Crippen molar-refractivity contribution in [2.45, 2.75) is 22.0 Å². The molecule has 110 valence electrons. The van der Waals surface area contributed by atoms with Crippen LogP contribution in [0.3, 0.4) is 0 Å². The molecule has 1 heterocycles. The molecule has 2 aromatic carbocycles. The Kier molecular flexibility index (Phi) is 3.18. The normalized spacial score (nSPS) is 20.1. The molecule has 0 amide bonds. The van der Waals surface area contributed by atoms with E-state index in [1.54, 1.807) is 30.3 Å². The van der Waals surface area contributed by atoms with E-state index in [0.717, 1.165) is 5.56 Å². The number of hydrogen-bond acceptors (Lipinski definition) is 4. The Morgan fingerprint density at radius 3 is 2.38 bits per heavy atom. The van der Waals surface area contributed by atoms with Crippen LogP contribution in [0, 0.1) is 6.92 Å². The largest absolute Gasteiger partial charge is 0.224 e. The Balaban J connectivity index is 2.21. The molecule has 2 aromatic rings. The van der Waals surface area contributed by atoms with Crippen LogP contribution < -0.4 is 0 Å². The van der Waals surface area contributed by atoms with Crippen LogP contribution in [0.5, 0.6) is 0 Å². The first-order valence-corrected chi connectivity index (χ1v) is 9.64. The molecular weight excluding hydrogens is 308 g/mol. The number of rotatable bonds is 2. The van der Waals surface area contributed by atoms with Crippen molar-refractivity contribution in [1.82, 2.24) is 0 Å². The first kappa shape index (κ1) is 14.3. The van der Waals surface area contributed by atoms with Crippen LogP contribution in [0.4, 0.5) is 0 Å². The SMILES string of the molecule is Cc1ccc2c(c1)C(S(=O)(=O)c1ccccc1)CS2(=O)=O. The number of sulfone groups is 2. The van der Waals surface area contributed by atoms with Gasteiger partial charge in [-0.25, -0.2) is 16.8 Å². The second-order valence-corrected chi connectivity index (χ2v) is 9.30. The molecule has 0 N–H and O–H groups in total. The topological polar surface area (TPSA) is 68.3 Å². The fraction of sp³-hybridized carbons (Fsp3) is 0.200. The molecule has 3 rings (SSSR count). The molecule has 0 spiro atoms. The molecule has 21 heavy (non-hydrogen) atoms. The third kappa shape index (κ3) is 2.28. The molecule has 0 saturated heterocycles. The van der Waals surface area contributed by atoms with E-state index in [1.807, 2.05) is 6.92 Å². The summed E-state index contributed by atoms with van der Waals surface area (Å²) in [6.07, 6.45) is 0. The predicted molar refractivity (Wildman–Crippen MR) is 79.6 cm³/mol. The van der Waals surface area contributed by atoms with Crippen LogP contribution in [0.1, 0.15) is 16.4 Å². The predicted octanol–water partition coefficient (Wildman–Crippen LogP) is 2.30. The lowest BCUT2D eigenvalue weighted by Crippen LogP contribution is -2.15. The lowest BCUT2D eigenvalue weighted by Gasteiger charge is -2.12. The van der Waals surface area contributed by atoms with Gasteiger partial charge >= 0.3 is 0 Å². The zero-order chi connectivity index (χ0) is 15.3. The molecule has 1 aliphatic rings. The maximum absolute atomic E-state index is 12.7. The van der Waals surface area contributed by atoms with E-state index in [9.17, 15) is 16.8 Å². The van der Waals surface area contributed by atoms with Gasteiger partial charge in [0.05, 0.1) is 15.5 Å². The standard InChI is InChI=1S/C15H14O4S2/c1-11-7-8-14-13(9-11)15(10-20(14,16)17)21(18,19)12-5-3-2-4-6-12/h2-9,15H,10H2,1H3. The van der Waals surface area contributed by atoms with Gasteiger partial charge in [0.25, 0.3) is 0 Å². The zero-order valence-corrected chi connectivity index (χ0v) is 13.0. The summed E-state index contributed by atoms with van der Waals surface area (Å²) in [6, 6.07) is 12.8. The summed E-state index contributed by atoms with van der Waals surface area (Å²) in [4.78, 5) is 0.289. The van der Waals surface area contributed by atoms with Gasteiger partial charge in [-0.2, -0.15) is 0 Å².